The summed E-state index contributed by atoms with van der Waals surface area (Å²) in [5.41, 5.74) is 1.08. The summed E-state index contributed by atoms with van der Waals surface area (Å²) >= 11 is 0. The van der Waals surface area contributed by atoms with Crippen molar-refractivity contribution >= 4 is 6.03 Å². The molecule has 122 valence electrons. The molecular weight excluding hydrogens is 298 g/mol. The zero-order chi connectivity index (χ0) is 16.2. The van der Waals surface area contributed by atoms with Crippen LogP contribution in [-0.2, 0) is 13.5 Å². The second kappa shape index (κ2) is 6.55. The van der Waals surface area contributed by atoms with Crippen LogP contribution in [0.5, 0.6) is 11.5 Å². The molecule has 1 aliphatic rings. The summed E-state index contributed by atoms with van der Waals surface area (Å²) in [5, 5.41) is 13.4. The molecule has 1 aromatic carbocycles. The first-order valence-corrected chi connectivity index (χ1v) is 7.40. The van der Waals surface area contributed by atoms with E-state index in [-0.39, 0.29) is 18.9 Å². The van der Waals surface area contributed by atoms with Gasteiger partial charge in [0.1, 0.15) is 6.33 Å². The molecule has 0 spiro atoms. The number of ether oxygens (including phenoxy) is 2. The molecule has 8 heteroatoms. The number of rotatable bonds is 5. The highest BCUT2D eigenvalue weighted by molar-refractivity contribution is 5.74. The molecule has 0 saturated heterocycles. The summed E-state index contributed by atoms with van der Waals surface area (Å²) in [4.78, 5) is 11.9. The Kier molecular flexibility index (Phi) is 4.31. The molecule has 1 aliphatic heterocycles. The van der Waals surface area contributed by atoms with Crippen molar-refractivity contribution in [2.24, 2.45) is 7.05 Å². The van der Waals surface area contributed by atoms with Crippen LogP contribution in [0.4, 0.5) is 4.79 Å². The minimum absolute atomic E-state index is 0.215. The monoisotopic (exact) mass is 317 g/mol. The number of hydrogen-bond donors (Lipinski definition) is 2. The number of fused-ring (bicyclic) bond motifs is 1. The Morgan fingerprint density at radius 1 is 1.39 bits per heavy atom. The Balaban J connectivity index is 1.45. The van der Waals surface area contributed by atoms with Gasteiger partial charge in [-0.1, -0.05) is 6.07 Å². The van der Waals surface area contributed by atoms with Crippen LogP contribution in [0.1, 0.15) is 24.4 Å². The number of hydrogen-bond acceptors (Lipinski definition) is 5. The van der Waals surface area contributed by atoms with Crippen molar-refractivity contribution in [2.45, 2.75) is 19.4 Å². The fourth-order valence-electron chi connectivity index (χ4n) is 2.41. The molecule has 2 aromatic rings. The predicted octanol–water partition coefficient (Wildman–Crippen LogP) is 1.15. The van der Waals surface area contributed by atoms with E-state index in [0.717, 1.165) is 17.1 Å². The van der Waals surface area contributed by atoms with Gasteiger partial charge in [0.25, 0.3) is 0 Å². The average molecular weight is 317 g/mol. The number of amides is 2. The van der Waals surface area contributed by atoms with Gasteiger partial charge >= 0.3 is 6.03 Å². The lowest BCUT2D eigenvalue weighted by molar-refractivity contribution is 0.174. The van der Waals surface area contributed by atoms with Gasteiger partial charge in [0.2, 0.25) is 6.79 Å². The van der Waals surface area contributed by atoms with Gasteiger partial charge in [-0.05, 0) is 31.0 Å². The molecule has 2 amide bonds. The van der Waals surface area contributed by atoms with Gasteiger partial charge in [0, 0.05) is 13.6 Å². The first-order valence-electron chi connectivity index (χ1n) is 7.40. The number of aryl methyl sites for hydroxylation is 1. The third kappa shape index (κ3) is 3.53. The van der Waals surface area contributed by atoms with Crippen LogP contribution in [-0.4, -0.2) is 34.1 Å². The largest absolute Gasteiger partial charge is 0.454 e. The fraction of sp³-hybridized carbons (Fsp3) is 0.400. The smallest absolute Gasteiger partial charge is 0.315 e. The molecule has 0 aliphatic carbocycles. The Hall–Kier alpha value is -2.77. The van der Waals surface area contributed by atoms with E-state index in [1.54, 1.807) is 10.9 Å². The summed E-state index contributed by atoms with van der Waals surface area (Å²) in [5.74, 6) is 2.22. The third-order valence-corrected chi connectivity index (χ3v) is 3.62. The number of aromatic nitrogens is 3. The van der Waals surface area contributed by atoms with Crippen molar-refractivity contribution in [1.29, 1.82) is 0 Å². The minimum atomic E-state index is -0.235. The maximum Gasteiger partial charge on any atom is 0.315 e. The van der Waals surface area contributed by atoms with Crippen LogP contribution >= 0.6 is 0 Å². The van der Waals surface area contributed by atoms with Crippen LogP contribution in [0.15, 0.2) is 24.5 Å². The van der Waals surface area contributed by atoms with Crippen LogP contribution in [0.3, 0.4) is 0 Å². The molecule has 0 bridgehead atoms. The predicted molar refractivity (Wildman–Crippen MR) is 82.2 cm³/mol. The molecule has 0 unspecified atom stereocenters. The van der Waals surface area contributed by atoms with Gasteiger partial charge in [-0.25, -0.2) is 4.79 Å². The van der Waals surface area contributed by atoms with Crippen molar-refractivity contribution < 1.29 is 14.3 Å². The fourth-order valence-corrected chi connectivity index (χ4v) is 2.41. The second-order valence-corrected chi connectivity index (χ2v) is 5.36. The summed E-state index contributed by atoms with van der Waals surface area (Å²) < 4.78 is 12.4. The summed E-state index contributed by atoms with van der Waals surface area (Å²) in [6.45, 7) is 2.65. The van der Waals surface area contributed by atoms with Gasteiger partial charge in [-0.3, -0.25) is 0 Å². The number of carbonyl (C=O) groups excluding carboxylic acids is 1. The lowest BCUT2D eigenvalue weighted by Crippen LogP contribution is -2.38. The molecule has 2 heterocycles. The number of benzene rings is 1. The summed E-state index contributed by atoms with van der Waals surface area (Å²) in [7, 11) is 1.84. The zero-order valence-electron chi connectivity index (χ0n) is 13.1. The molecule has 1 aromatic heterocycles. The quantitative estimate of drug-likeness (QED) is 0.863. The first kappa shape index (κ1) is 15.1. The van der Waals surface area contributed by atoms with Crippen LogP contribution < -0.4 is 20.1 Å². The van der Waals surface area contributed by atoms with Crippen LogP contribution in [0.25, 0.3) is 0 Å². The topological polar surface area (TPSA) is 90.3 Å². The number of nitrogens with one attached hydrogen (secondary N) is 2. The highest BCUT2D eigenvalue weighted by Gasteiger charge is 2.15. The van der Waals surface area contributed by atoms with Crippen molar-refractivity contribution in [3.05, 3.63) is 35.9 Å². The van der Waals surface area contributed by atoms with Gasteiger partial charge in [0.15, 0.2) is 17.3 Å². The van der Waals surface area contributed by atoms with Crippen LogP contribution in [0.2, 0.25) is 0 Å². The summed E-state index contributed by atoms with van der Waals surface area (Å²) in [6.07, 6.45) is 2.31. The summed E-state index contributed by atoms with van der Waals surface area (Å²) in [6, 6.07) is 5.34. The SMILES string of the molecule is C[C@@H](NC(=O)NCCc1ccc2c(c1)OCO2)c1nncn1C. The molecule has 0 radical (unpaired) electrons. The molecular formula is C15H19N5O3. The second-order valence-electron chi connectivity index (χ2n) is 5.36. The van der Waals surface area contributed by atoms with E-state index in [0.29, 0.717) is 18.8 Å². The van der Waals surface area contributed by atoms with E-state index in [1.807, 2.05) is 32.2 Å². The maximum absolute atomic E-state index is 11.9. The van der Waals surface area contributed by atoms with Crippen molar-refractivity contribution in [1.82, 2.24) is 25.4 Å². The first-order chi connectivity index (χ1) is 11.1. The highest BCUT2D eigenvalue weighted by atomic mass is 16.7. The van der Waals surface area contributed by atoms with E-state index in [9.17, 15) is 4.79 Å². The van der Waals surface area contributed by atoms with Crippen molar-refractivity contribution in [3.8, 4) is 11.5 Å². The van der Waals surface area contributed by atoms with Gasteiger partial charge in [-0.2, -0.15) is 0 Å². The van der Waals surface area contributed by atoms with Gasteiger partial charge < -0.3 is 24.7 Å². The lowest BCUT2D eigenvalue weighted by Gasteiger charge is -2.13. The maximum atomic E-state index is 11.9. The van der Waals surface area contributed by atoms with Crippen LogP contribution in [0, 0.1) is 0 Å². The van der Waals surface area contributed by atoms with E-state index in [1.165, 1.54) is 0 Å². The van der Waals surface area contributed by atoms with Gasteiger partial charge in [0.05, 0.1) is 6.04 Å². The van der Waals surface area contributed by atoms with E-state index in [2.05, 4.69) is 20.8 Å². The van der Waals surface area contributed by atoms with E-state index in [4.69, 9.17) is 9.47 Å². The molecule has 0 fully saturated rings. The standard InChI is InChI=1S/C15H19N5O3/c1-10(14-19-17-8-20(14)2)18-15(21)16-6-5-11-3-4-12-13(7-11)23-9-22-12/h3-4,7-8,10H,5-6,9H2,1-2H3,(H2,16,18,21)/t10-/m1/s1. The molecule has 2 N–H and O–H groups in total. The molecule has 1 atom stereocenters. The molecule has 8 nitrogen and oxygen atoms in total. The Morgan fingerprint density at radius 2 is 2.22 bits per heavy atom. The van der Waals surface area contributed by atoms with Crippen molar-refractivity contribution in [2.75, 3.05) is 13.3 Å². The Bertz CT molecular complexity index is 700. The number of urea groups is 1. The third-order valence-electron chi connectivity index (χ3n) is 3.62. The van der Waals surface area contributed by atoms with Gasteiger partial charge in [-0.15, -0.1) is 10.2 Å². The van der Waals surface area contributed by atoms with Crippen molar-refractivity contribution in [3.63, 3.8) is 0 Å². The lowest BCUT2D eigenvalue weighted by atomic mass is 10.1. The highest BCUT2D eigenvalue weighted by Crippen LogP contribution is 2.32. The molecule has 23 heavy (non-hydrogen) atoms. The normalized spacial score (nSPS) is 13.7. The Labute approximate surface area is 133 Å². The average Bonchev–Trinajstić information content (AvgIpc) is 3.15. The van der Waals surface area contributed by atoms with E-state index >= 15 is 0 Å². The zero-order valence-corrected chi connectivity index (χ0v) is 13.1. The minimum Gasteiger partial charge on any atom is -0.454 e. The molecule has 3 rings (SSSR count). The number of carbonyl (C=O) groups is 1. The Morgan fingerprint density at radius 3 is 3.00 bits per heavy atom. The molecule has 0 saturated carbocycles. The number of nitrogens with zero attached hydrogens (tertiary/aromatic N) is 3. The van der Waals surface area contributed by atoms with E-state index < -0.39 is 0 Å².